The third-order valence-electron chi connectivity index (χ3n) is 0.517. The Morgan fingerprint density at radius 3 is 2.25 bits per heavy atom. The molecule has 0 bridgehead atoms. The van der Waals surface area contributed by atoms with Gasteiger partial charge >= 0.3 is 0 Å². The number of thioether (sulfide) groups is 1. The Hall–Kier alpha value is 0.210. The van der Waals surface area contributed by atoms with Gasteiger partial charge in [0.05, 0.1) is 5.75 Å². The minimum atomic E-state index is -2.74. The summed E-state index contributed by atoms with van der Waals surface area (Å²) in [4.78, 5) is 0. The van der Waals surface area contributed by atoms with Gasteiger partial charge in [0, 0.05) is 6.92 Å². The summed E-state index contributed by atoms with van der Waals surface area (Å²) >= 11 is 1.20. The van der Waals surface area contributed by atoms with E-state index in [4.69, 9.17) is 0 Å². The van der Waals surface area contributed by atoms with E-state index >= 15 is 0 Å². The second-order valence-corrected chi connectivity index (χ2v) is 2.77. The van der Waals surface area contributed by atoms with Crippen molar-refractivity contribution in [2.45, 2.75) is 12.8 Å². The summed E-state index contributed by atoms with van der Waals surface area (Å²) in [6.07, 6.45) is 0. The summed E-state index contributed by atoms with van der Waals surface area (Å²) in [5, 5.41) is 0. The van der Waals surface area contributed by atoms with Gasteiger partial charge in [0.2, 0.25) is 0 Å². The molecule has 0 rings (SSSR count). The quantitative estimate of drug-likeness (QED) is 0.577. The van der Waals surface area contributed by atoms with Gasteiger partial charge in [0.25, 0.3) is 5.92 Å². The molecule has 0 heterocycles. The van der Waals surface area contributed by atoms with Crippen LogP contribution in [-0.2, 0) is 0 Å². The predicted octanol–water partition coefficient (Wildman–Crippen LogP) is 2.21. The molecule has 0 aromatic rings. The fraction of sp³-hybridized carbons (Fsp3) is 0.800. The van der Waals surface area contributed by atoms with Crippen LogP contribution in [0.15, 0.2) is 0 Å². The summed E-state index contributed by atoms with van der Waals surface area (Å²) in [5.41, 5.74) is 0. The molecule has 0 aliphatic heterocycles. The molecule has 0 N–H and O–H groups in total. The lowest BCUT2D eigenvalue weighted by Gasteiger charge is -2.06. The van der Waals surface area contributed by atoms with Crippen molar-refractivity contribution in [1.82, 2.24) is 0 Å². The van der Waals surface area contributed by atoms with Gasteiger partial charge in [-0.2, -0.15) is 11.8 Å². The molecule has 0 aromatic carbocycles. The van der Waals surface area contributed by atoms with Crippen molar-refractivity contribution in [2.75, 3.05) is 11.5 Å². The third kappa shape index (κ3) is 6.21. The number of hydrogen-bond donors (Lipinski definition) is 0. The molecule has 49 valence electrons. The lowest BCUT2D eigenvalue weighted by atomic mass is 10.5. The van der Waals surface area contributed by atoms with Crippen LogP contribution in [-0.4, -0.2) is 17.4 Å². The highest BCUT2D eigenvalue weighted by Gasteiger charge is 2.19. The zero-order chi connectivity index (χ0) is 6.62. The van der Waals surface area contributed by atoms with Crippen LogP contribution in [0, 0.1) is 6.92 Å². The molecule has 3 heteroatoms. The maximum atomic E-state index is 11.8. The second kappa shape index (κ2) is 3.28. The Labute approximate surface area is 52.7 Å². The first-order valence-corrected chi connectivity index (χ1v) is 3.52. The fourth-order valence-corrected chi connectivity index (χ4v) is 0.754. The molecule has 0 unspecified atom stereocenters. The molecule has 8 heavy (non-hydrogen) atoms. The molecule has 0 aliphatic rings. The van der Waals surface area contributed by atoms with Crippen molar-refractivity contribution in [2.24, 2.45) is 0 Å². The standard InChI is InChI=1S/C5H9F2S/c1-3-8-4-5(2,6)7/h2-4H2,1H3. The van der Waals surface area contributed by atoms with Crippen molar-refractivity contribution in [3.63, 3.8) is 0 Å². The van der Waals surface area contributed by atoms with Gasteiger partial charge in [0.15, 0.2) is 0 Å². The topological polar surface area (TPSA) is 0 Å². The van der Waals surface area contributed by atoms with Crippen LogP contribution in [0.1, 0.15) is 6.92 Å². The van der Waals surface area contributed by atoms with E-state index < -0.39 is 5.92 Å². The van der Waals surface area contributed by atoms with E-state index in [-0.39, 0.29) is 5.75 Å². The van der Waals surface area contributed by atoms with Crippen molar-refractivity contribution in [3.05, 3.63) is 6.92 Å². The summed E-state index contributed by atoms with van der Waals surface area (Å²) in [6, 6.07) is 0. The number of alkyl halides is 2. The molecule has 0 aromatic heterocycles. The summed E-state index contributed by atoms with van der Waals surface area (Å²) in [7, 11) is 0. The van der Waals surface area contributed by atoms with E-state index in [1.165, 1.54) is 11.8 Å². The van der Waals surface area contributed by atoms with Crippen molar-refractivity contribution >= 4 is 11.8 Å². The third-order valence-corrected chi connectivity index (χ3v) is 1.55. The highest BCUT2D eigenvalue weighted by molar-refractivity contribution is 7.99. The van der Waals surface area contributed by atoms with Crippen LogP contribution in [0.2, 0.25) is 0 Å². The lowest BCUT2D eigenvalue weighted by molar-refractivity contribution is 0.0797. The fourth-order valence-electron chi connectivity index (χ4n) is 0.251. The Morgan fingerprint density at radius 2 is 2.12 bits per heavy atom. The smallest absolute Gasteiger partial charge is 0.206 e. The van der Waals surface area contributed by atoms with Gasteiger partial charge in [-0.3, -0.25) is 0 Å². The number of hydrogen-bond acceptors (Lipinski definition) is 1. The predicted molar refractivity (Wildman–Crippen MR) is 33.3 cm³/mol. The van der Waals surface area contributed by atoms with E-state index in [9.17, 15) is 8.78 Å². The van der Waals surface area contributed by atoms with Gasteiger partial charge in [-0.1, -0.05) is 6.92 Å². The molecule has 0 aliphatic carbocycles. The first kappa shape index (κ1) is 8.21. The molecule has 0 saturated carbocycles. The monoisotopic (exact) mass is 139 g/mol. The lowest BCUT2D eigenvalue weighted by Crippen LogP contribution is -2.13. The molecular weight excluding hydrogens is 130 g/mol. The minimum absolute atomic E-state index is 0.163. The highest BCUT2D eigenvalue weighted by atomic mass is 32.2. The average Bonchev–Trinajstić information content (AvgIpc) is 1.59. The minimum Gasteiger partial charge on any atom is -0.206 e. The summed E-state index contributed by atoms with van der Waals surface area (Å²) in [6.45, 7) is 4.50. The van der Waals surface area contributed by atoms with Crippen LogP contribution in [0.3, 0.4) is 0 Å². The molecule has 1 radical (unpaired) electrons. The summed E-state index contributed by atoms with van der Waals surface area (Å²) < 4.78 is 23.6. The normalized spacial score (nSPS) is 12.0. The van der Waals surface area contributed by atoms with Crippen LogP contribution in [0.5, 0.6) is 0 Å². The Bertz CT molecular complexity index is 57.9. The average molecular weight is 139 g/mol. The van der Waals surface area contributed by atoms with Crippen molar-refractivity contribution in [1.29, 1.82) is 0 Å². The maximum Gasteiger partial charge on any atom is 0.257 e. The first-order chi connectivity index (χ1) is 3.56. The molecule has 0 atom stereocenters. The van der Waals surface area contributed by atoms with Crippen molar-refractivity contribution in [3.8, 4) is 0 Å². The number of rotatable bonds is 3. The zero-order valence-electron chi connectivity index (χ0n) is 4.79. The van der Waals surface area contributed by atoms with E-state index in [0.717, 1.165) is 5.75 Å². The SMILES string of the molecule is [CH2]C(F)(F)CSCC. The van der Waals surface area contributed by atoms with Gasteiger partial charge < -0.3 is 0 Å². The largest absolute Gasteiger partial charge is 0.257 e. The summed E-state index contributed by atoms with van der Waals surface area (Å²) in [5.74, 6) is -2.17. The van der Waals surface area contributed by atoms with Crippen LogP contribution < -0.4 is 0 Å². The van der Waals surface area contributed by atoms with Crippen LogP contribution in [0.4, 0.5) is 8.78 Å². The van der Waals surface area contributed by atoms with Gasteiger partial charge in [-0.15, -0.1) is 0 Å². The molecule has 0 saturated heterocycles. The maximum absolute atomic E-state index is 11.8. The van der Waals surface area contributed by atoms with Crippen LogP contribution >= 0.6 is 11.8 Å². The van der Waals surface area contributed by atoms with E-state index in [1.54, 1.807) is 0 Å². The second-order valence-electron chi connectivity index (χ2n) is 1.49. The molecular formula is C5H9F2S. The molecule has 0 spiro atoms. The van der Waals surface area contributed by atoms with Crippen LogP contribution in [0.25, 0.3) is 0 Å². The van der Waals surface area contributed by atoms with E-state index in [0.29, 0.717) is 0 Å². The Balaban J connectivity index is 3.11. The van der Waals surface area contributed by atoms with Gasteiger partial charge in [-0.05, 0) is 5.75 Å². The first-order valence-electron chi connectivity index (χ1n) is 2.37. The highest BCUT2D eigenvalue weighted by Crippen LogP contribution is 2.17. The Kier molecular flexibility index (Phi) is 3.36. The Morgan fingerprint density at radius 1 is 1.62 bits per heavy atom. The zero-order valence-corrected chi connectivity index (χ0v) is 5.60. The van der Waals surface area contributed by atoms with Crippen molar-refractivity contribution < 1.29 is 8.78 Å². The molecule has 0 nitrogen and oxygen atoms in total. The molecule has 0 amide bonds. The van der Waals surface area contributed by atoms with E-state index in [2.05, 4.69) is 6.92 Å². The number of halogens is 2. The van der Waals surface area contributed by atoms with Gasteiger partial charge in [-0.25, -0.2) is 8.78 Å². The van der Waals surface area contributed by atoms with E-state index in [1.807, 2.05) is 6.92 Å². The van der Waals surface area contributed by atoms with Gasteiger partial charge in [0.1, 0.15) is 0 Å². The molecule has 0 fully saturated rings.